The lowest BCUT2D eigenvalue weighted by atomic mass is 10.1. The molecular weight excluding hydrogens is 336 g/mol. The second-order valence-corrected chi connectivity index (χ2v) is 6.33. The molecule has 3 heterocycles. The lowest BCUT2D eigenvalue weighted by molar-refractivity contribution is -0.540. The number of rotatable bonds is 5. The quantitative estimate of drug-likeness (QED) is 0.563. The molecule has 140 valence electrons. The van der Waals surface area contributed by atoms with Crippen molar-refractivity contribution in [2.45, 2.75) is 33.7 Å². The molecule has 0 bridgehead atoms. The van der Waals surface area contributed by atoms with Gasteiger partial charge in [0.05, 0.1) is 18.8 Å². The molecule has 0 radical (unpaired) electrons. The van der Waals surface area contributed by atoms with Gasteiger partial charge in [-0.2, -0.15) is 0 Å². The number of amides is 3. The number of carbonyl (C=O) groups excluding carboxylic acids is 2. The zero-order valence-electron chi connectivity index (χ0n) is 15.9. The molecule has 0 aliphatic carbocycles. The maximum absolute atomic E-state index is 13.0. The Labute approximate surface area is 152 Å². The standard InChI is InChI=1S/C17H25N6O3/c1-6-21-15(24)13-14(20(5)17(21)25)18-16(22(13)8-9-26-7-2)23-12(4)10-11(3)19-23/h10,13H,6-9H2,1-5H3/q+1. The molecule has 1 atom stereocenters. The van der Waals surface area contributed by atoms with Crippen molar-refractivity contribution >= 4 is 23.7 Å². The second kappa shape index (κ2) is 6.99. The van der Waals surface area contributed by atoms with Crippen molar-refractivity contribution in [3.05, 3.63) is 17.5 Å². The predicted molar refractivity (Wildman–Crippen MR) is 95.5 cm³/mol. The van der Waals surface area contributed by atoms with Crippen LogP contribution < -0.4 is 0 Å². The number of ether oxygens (including phenoxy) is 1. The third kappa shape index (κ3) is 2.82. The van der Waals surface area contributed by atoms with Crippen molar-refractivity contribution in [1.29, 1.82) is 0 Å². The number of imide groups is 1. The summed E-state index contributed by atoms with van der Waals surface area (Å²) in [6.07, 6.45) is 0. The summed E-state index contributed by atoms with van der Waals surface area (Å²) in [5.74, 6) is 0.715. The van der Waals surface area contributed by atoms with E-state index in [1.165, 1.54) is 9.80 Å². The van der Waals surface area contributed by atoms with Gasteiger partial charge in [0, 0.05) is 20.2 Å². The maximum Gasteiger partial charge on any atom is 0.421 e. The van der Waals surface area contributed by atoms with E-state index >= 15 is 0 Å². The van der Waals surface area contributed by atoms with Crippen LogP contribution in [-0.4, -0.2) is 87.3 Å². The van der Waals surface area contributed by atoms with Crippen molar-refractivity contribution in [3.63, 3.8) is 0 Å². The highest BCUT2D eigenvalue weighted by Gasteiger charge is 2.52. The van der Waals surface area contributed by atoms with Crippen LogP contribution in [0.2, 0.25) is 0 Å². The molecule has 9 heteroatoms. The monoisotopic (exact) mass is 361 g/mol. The molecule has 1 aromatic heterocycles. The predicted octanol–water partition coefficient (Wildman–Crippen LogP) is 0.448. The molecule has 3 rings (SSSR count). The largest absolute Gasteiger partial charge is 0.421 e. The molecule has 2 aliphatic heterocycles. The summed E-state index contributed by atoms with van der Waals surface area (Å²) in [6, 6.07) is 0.953. The van der Waals surface area contributed by atoms with Crippen molar-refractivity contribution in [2.75, 3.05) is 33.4 Å². The fraction of sp³-hybridized carbons (Fsp3) is 0.588. The Bertz CT molecular complexity index is 809. The molecule has 3 amide bonds. The van der Waals surface area contributed by atoms with Crippen molar-refractivity contribution in [3.8, 4) is 0 Å². The van der Waals surface area contributed by atoms with Gasteiger partial charge in [-0.25, -0.2) is 9.37 Å². The molecule has 0 saturated carbocycles. The van der Waals surface area contributed by atoms with Gasteiger partial charge in [0.15, 0.2) is 0 Å². The Hall–Kier alpha value is -2.55. The molecule has 1 fully saturated rings. The molecule has 1 saturated heterocycles. The number of aryl methyl sites for hydroxylation is 2. The summed E-state index contributed by atoms with van der Waals surface area (Å²) in [6.45, 7) is 9.40. The van der Waals surface area contributed by atoms with Crippen molar-refractivity contribution in [2.24, 2.45) is 4.99 Å². The van der Waals surface area contributed by atoms with E-state index in [1.807, 2.05) is 31.4 Å². The Balaban J connectivity index is 2.10. The van der Waals surface area contributed by atoms with E-state index in [1.54, 1.807) is 18.7 Å². The van der Waals surface area contributed by atoms with E-state index in [2.05, 4.69) is 10.1 Å². The van der Waals surface area contributed by atoms with E-state index < -0.39 is 6.04 Å². The molecule has 26 heavy (non-hydrogen) atoms. The first-order chi connectivity index (χ1) is 12.4. The SMILES string of the molecule is CCOCC[N+]1=C(n2nc(C)cc2C)N=C2C1C(=O)N(CC)C(=O)N2C. The second-order valence-electron chi connectivity index (χ2n) is 6.33. The zero-order valence-corrected chi connectivity index (χ0v) is 15.9. The molecule has 0 N–H and O–H groups in total. The van der Waals surface area contributed by atoms with Crippen LogP contribution in [0.15, 0.2) is 11.1 Å². The lowest BCUT2D eigenvalue weighted by Crippen LogP contribution is -2.62. The van der Waals surface area contributed by atoms with E-state index in [9.17, 15) is 9.59 Å². The third-order valence-electron chi connectivity index (χ3n) is 4.59. The number of fused-ring (bicyclic) bond motifs is 1. The number of hydrogen-bond donors (Lipinski definition) is 0. The average Bonchev–Trinajstić information content (AvgIpc) is 3.13. The fourth-order valence-corrected chi connectivity index (χ4v) is 3.33. The first-order valence-corrected chi connectivity index (χ1v) is 8.83. The normalized spacial score (nSPS) is 20.2. The molecule has 9 nitrogen and oxygen atoms in total. The summed E-state index contributed by atoms with van der Waals surface area (Å²) < 4.78 is 9.08. The summed E-state index contributed by atoms with van der Waals surface area (Å²) >= 11 is 0. The van der Waals surface area contributed by atoms with Crippen LogP contribution in [-0.2, 0) is 9.53 Å². The minimum absolute atomic E-state index is 0.262. The summed E-state index contributed by atoms with van der Waals surface area (Å²) in [4.78, 5) is 32.8. The van der Waals surface area contributed by atoms with Gasteiger partial charge in [-0.05, 0) is 33.8 Å². The van der Waals surface area contributed by atoms with Crippen LogP contribution in [0.5, 0.6) is 0 Å². The van der Waals surface area contributed by atoms with Gasteiger partial charge in [-0.15, -0.1) is 9.78 Å². The van der Waals surface area contributed by atoms with Gasteiger partial charge in [0.1, 0.15) is 5.69 Å². The van der Waals surface area contributed by atoms with E-state index in [0.717, 1.165) is 11.4 Å². The van der Waals surface area contributed by atoms with Crippen LogP contribution in [0.25, 0.3) is 0 Å². The topological polar surface area (TPSA) is 83.0 Å². The number of urea groups is 1. The smallest absolute Gasteiger partial charge is 0.378 e. The summed E-state index contributed by atoms with van der Waals surface area (Å²) in [7, 11) is 1.65. The minimum Gasteiger partial charge on any atom is -0.378 e. The van der Waals surface area contributed by atoms with Gasteiger partial charge in [0.25, 0.3) is 5.91 Å². The number of likely N-dealkylation sites (N-methyl/N-ethyl adjacent to an activating group) is 2. The van der Waals surface area contributed by atoms with Crippen LogP contribution >= 0.6 is 0 Å². The zero-order chi connectivity index (χ0) is 19.0. The number of carbonyl (C=O) groups is 2. The molecule has 2 aliphatic rings. The molecular formula is C17H25N6O3+. The van der Waals surface area contributed by atoms with E-state index in [-0.39, 0.29) is 11.9 Å². The summed E-state index contributed by atoms with van der Waals surface area (Å²) in [5.41, 5.74) is 1.77. The highest BCUT2D eigenvalue weighted by molar-refractivity contribution is 6.22. The van der Waals surface area contributed by atoms with E-state index in [4.69, 9.17) is 4.74 Å². The van der Waals surface area contributed by atoms with Crippen LogP contribution in [0.3, 0.4) is 0 Å². The number of aromatic nitrogens is 2. The Morgan fingerprint density at radius 3 is 2.58 bits per heavy atom. The highest BCUT2D eigenvalue weighted by Crippen LogP contribution is 2.20. The fourth-order valence-electron chi connectivity index (χ4n) is 3.33. The molecule has 0 aromatic carbocycles. The van der Waals surface area contributed by atoms with Crippen LogP contribution in [0.1, 0.15) is 25.2 Å². The van der Waals surface area contributed by atoms with E-state index in [0.29, 0.717) is 38.1 Å². The summed E-state index contributed by atoms with van der Waals surface area (Å²) in [5, 5.41) is 4.50. The maximum atomic E-state index is 13.0. The third-order valence-corrected chi connectivity index (χ3v) is 4.59. The number of aliphatic imine (C=N–C) groups is 1. The molecule has 1 unspecified atom stereocenters. The Kier molecular flexibility index (Phi) is 4.90. The average molecular weight is 361 g/mol. The first-order valence-electron chi connectivity index (χ1n) is 8.83. The van der Waals surface area contributed by atoms with Crippen LogP contribution in [0.4, 0.5) is 4.79 Å². The minimum atomic E-state index is -0.642. The van der Waals surface area contributed by atoms with Crippen molar-refractivity contribution in [1.82, 2.24) is 19.6 Å². The first kappa shape index (κ1) is 18.2. The number of hydrogen-bond acceptors (Lipinski definition) is 5. The van der Waals surface area contributed by atoms with Gasteiger partial charge in [0.2, 0.25) is 11.9 Å². The highest BCUT2D eigenvalue weighted by atomic mass is 16.5. The number of nitrogens with zero attached hydrogens (tertiary/aromatic N) is 6. The Morgan fingerprint density at radius 2 is 2.00 bits per heavy atom. The van der Waals surface area contributed by atoms with Gasteiger partial charge < -0.3 is 4.74 Å². The molecule has 0 spiro atoms. The Morgan fingerprint density at radius 1 is 1.27 bits per heavy atom. The lowest BCUT2D eigenvalue weighted by Gasteiger charge is -2.33. The number of amidine groups is 1. The van der Waals surface area contributed by atoms with Crippen molar-refractivity contribution < 1.29 is 18.9 Å². The van der Waals surface area contributed by atoms with Gasteiger partial charge >= 0.3 is 12.0 Å². The van der Waals surface area contributed by atoms with Gasteiger partial charge in [-0.3, -0.25) is 14.6 Å². The van der Waals surface area contributed by atoms with Gasteiger partial charge in [-0.1, -0.05) is 4.99 Å². The van der Waals surface area contributed by atoms with Crippen LogP contribution in [0, 0.1) is 13.8 Å². The molecule has 1 aromatic rings.